The average molecular weight is 404 g/mol. The zero-order valence-electron chi connectivity index (χ0n) is 16.7. The van der Waals surface area contributed by atoms with Gasteiger partial charge in [0.2, 0.25) is 5.91 Å². The highest BCUT2D eigenvalue weighted by Gasteiger charge is 2.38. The summed E-state index contributed by atoms with van der Waals surface area (Å²) >= 11 is 0. The summed E-state index contributed by atoms with van der Waals surface area (Å²) < 4.78 is 1.69. The maximum Gasteiger partial charge on any atom is 0.259 e. The van der Waals surface area contributed by atoms with Gasteiger partial charge >= 0.3 is 0 Å². The van der Waals surface area contributed by atoms with E-state index in [1.54, 1.807) is 4.57 Å². The normalized spacial score (nSPS) is 16.2. The molecule has 0 saturated carbocycles. The van der Waals surface area contributed by atoms with Gasteiger partial charge in [0.25, 0.3) is 11.8 Å². The Morgan fingerprint density at radius 1 is 1.07 bits per heavy atom. The predicted molar refractivity (Wildman–Crippen MR) is 115 cm³/mol. The van der Waals surface area contributed by atoms with E-state index in [2.05, 4.69) is 5.32 Å². The van der Waals surface area contributed by atoms with Crippen molar-refractivity contribution in [3.05, 3.63) is 46.5 Å². The molecule has 154 valence electrons. The quantitative estimate of drug-likeness (QED) is 0.445. The van der Waals surface area contributed by atoms with Crippen LogP contribution >= 0.6 is 0 Å². The third kappa shape index (κ3) is 2.55. The molecule has 1 unspecified atom stereocenters. The Morgan fingerprint density at radius 2 is 1.80 bits per heavy atom. The number of hydrogen-bond acceptors (Lipinski definition) is 5. The molecule has 0 spiro atoms. The standard InChI is InChI=1S/C23H24N4O3/c24-11-4-3-9-15(25)23(30)27-16-10-2-1-6-14(16)17-19-18(21(28)26-22(19)29)12-7-5-8-13(12)20(17)27/h1-2,6,10,15H,3-5,7-9,11,24-25H2,(H,26,28,29). The number of unbranched alkanes of at least 4 members (excludes halogenated alkanes) is 1. The second kappa shape index (κ2) is 7.04. The third-order valence-electron chi connectivity index (χ3n) is 6.37. The molecule has 5 N–H and O–H groups in total. The highest BCUT2D eigenvalue weighted by atomic mass is 16.2. The van der Waals surface area contributed by atoms with E-state index in [9.17, 15) is 14.4 Å². The van der Waals surface area contributed by atoms with Crippen LogP contribution in [0.5, 0.6) is 0 Å². The molecule has 2 aromatic carbocycles. The van der Waals surface area contributed by atoms with Crippen molar-refractivity contribution in [3.8, 4) is 0 Å². The number of nitrogens with zero attached hydrogens (tertiary/aromatic N) is 1. The lowest BCUT2D eigenvalue weighted by molar-refractivity contribution is 0.0870. The van der Waals surface area contributed by atoms with Crippen LogP contribution in [0.4, 0.5) is 0 Å². The summed E-state index contributed by atoms with van der Waals surface area (Å²) in [5, 5.41) is 3.94. The number of aryl methyl sites for hydroxylation is 1. The number of rotatable bonds is 5. The molecule has 2 heterocycles. The van der Waals surface area contributed by atoms with Crippen molar-refractivity contribution in [2.45, 2.75) is 44.6 Å². The zero-order chi connectivity index (χ0) is 21.0. The number of nitrogens with one attached hydrogen (secondary N) is 1. The summed E-state index contributed by atoms with van der Waals surface area (Å²) in [7, 11) is 0. The fourth-order valence-electron chi connectivity index (χ4n) is 5.07. The highest BCUT2D eigenvalue weighted by Crippen LogP contribution is 2.42. The summed E-state index contributed by atoms with van der Waals surface area (Å²) in [4.78, 5) is 38.8. The fraction of sp³-hybridized carbons (Fsp3) is 0.348. The zero-order valence-corrected chi connectivity index (χ0v) is 16.7. The first-order valence-electron chi connectivity index (χ1n) is 10.5. The summed E-state index contributed by atoms with van der Waals surface area (Å²) in [5.74, 6) is -0.911. The minimum atomic E-state index is -0.656. The van der Waals surface area contributed by atoms with Gasteiger partial charge in [-0.1, -0.05) is 24.6 Å². The molecule has 1 aromatic heterocycles. The summed E-state index contributed by atoms with van der Waals surface area (Å²) in [6, 6.07) is 6.88. The average Bonchev–Trinajstić information content (AvgIpc) is 3.41. The number of aromatic nitrogens is 1. The molecule has 0 saturated heterocycles. The summed E-state index contributed by atoms with van der Waals surface area (Å²) in [6.45, 7) is 0.569. The van der Waals surface area contributed by atoms with Crippen LogP contribution in [0, 0.1) is 0 Å². The van der Waals surface area contributed by atoms with Crippen LogP contribution in [-0.4, -0.2) is 34.9 Å². The number of fused-ring (bicyclic) bond motifs is 8. The van der Waals surface area contributed by atoms with Crippen LogP contribution in [0.1, 0.15) is 62.3 Å². The molecule has 7 nitrogen and oxygen atoms in total. The first kappa shape index (κ1) is 19.0. The maximum atomic E-state index is 13.5. The van der Waals surface area contributed by atoms with E-state index in [-0.39, 0.29) is 11.8 Å². The Morgan fingerprint density at radius 3 is 2.60 bits per heavy atom. The van der Waals surface area contributed by atoms with Gasteiger partial charge in [0.1, 0.15) is 0 Å². The molecule has 30 heavy (non-hydrogen) atoms. The third-order valence-corrected chi connectivity index (χ3v) is 6.37. The van der Waals surface area contributed by atoms with Crippen LogP contribution in [0.3, 0.4) is 0 Å². The molecule has 0 bridgehead atoms. The van der Waals surface area contributed by atoms with Crippen molar-refractivity contribution in [1.82, 2.24) is 9.88 Å². The van der Waals surface area contributed by atoms with Crippen LogP contribution in [-0.2, 0) is 12.8 Å². The molecule has 7 heteroatoms. The number of para-hydroxylation sites is 1. The molecule has 2 amide bonds. The second-order valence-corrected chi connectivity index (χ2v) is 8.15. The van der Waals surface area contributed by atoms with E-state index in [0.717, 1.165) is 59.7 Å². The van der Waals surface area contributed by atoms with E-state index >= 15 is 0 Å². The first-order chi connectivity index (χ1) is 14.5. The van der Waals surface area contributed by atoms with Crippen molar-refractivity contribution < 1.29 is 14.4 Å². The van der Waals surface area contributed by atoms with Crippen molar-refractivity contribution in [3.63, 3.8) is 0 Å². The summed E-state index contributed by atoms with van der Waals surface area (Å²) in [5.41, 5.74) is 16.1. The number of amides is 2. The Bertz CT molecular complexity index is 1240. The molecule has 1 aliphatic heterocycles. The van der Waals surface area contributed by atoms with Gasteiger partial charge in [0.05, 0.1) is 28.2 Å². The molecule has 1 atom stereocenters. The number of benzene rings is 2. The van der Waals surface area contributed by atoms with Gasteiger partial charge in [0, 0.05) is 10.8 Å². The molecule has 0 radical (unpaired) electrons. The molecule has 5 rings (SSSR count). The van der Waals surface area contributed by atoms with Crippen LogP contribution in [0.2, 0.25) is 0 Å². The van der Waals surface area contributed by atoms with Gasteiger partial charge in [-0.15, -0.1) is 0 Å². The lowest BCUT2D eigenvalue weighted by atomic mass is 9.93. The number of carbonyl (C=O) groups is 3. The van der Waals surface area contributed by atoms with Crippen molar-refractivity contribution in [2.24, 2.45) is 11.5 Å². The molecule has 3 aromatic rings. The van der Waals surface area contributed by atoms with Crippen molar-refractivity contribution in [2.75, 3.05) is 6.54 Å². The smallest absolute Gasteiger partial charge is 0.259 e. The van der Waals surface area contributed by atoms with E-state index in [4.69, 9.17) is 11.5 Å². The van der Waals surface area contributed by atoms with Gasteiger partial charge in [-0.2, -0.15) is 0 Å². The van der Waals surface area contributed by atoms with Crippen molar-refractivity contribution >= 4 is 39.5 Å². The summed E-state index contributed by atoms with van der Waals surface area (Å²) in [6.07, 6.45) is 4.54. The largest absolute Gasteiger partial charge is 0.330 e. The maximum absolute atomic E-state index is 13.5. The first-order valence-corrected chi connectivity index (χ1v) is 10.5. The number of nitrogens with two attached hydrogens (primary N) is 2. The van der Waals surface area contributed by atoms with Crippen LogP contribution in [0.15, 0.2) is 24.3 Å². The number of hydrogen-bond donors (Lipinski definition) is 3. The van der Waals surface area contributed by atoms with Gasteiger partial charge < -0.3 is 11.5 Å². The molecule has 0 fully saturated rings. The van der Waals surface area contributed by atoms with Crippen LogP contribution in [0.25, 0.3) is 21.8 Å². The van der Waals surface area contributed by atoms with Crippen molar-refractivity contribution in [1.29, 1.82) is 0 Å². The minimum Gasteiger partial charge on any atom is -0.330 e. The van der Waals surface area contributed by atoms with Gasteiger partial charge in [0.15, 0.2) is 0 Å². The Kier molecular flexibility index (Phi) is 4.45. The highest BCUT2D eigenvalue weighted by molar-refractivity contribution is 6.32. The Hall–Kier alpha value is -3.03. The van der Waals surface area contributed by atoms with E-state index in [0.29, 0.717) is 29.5 Å². The molecule has 1 aliphatic carbocycles. The van der Waals surface area contributed by atoms with E-state index in [1.165, 1.54) is 0 Å². The van der Waals surface area contributed by atoms with E-state index < -0.39 is 11.9 Å². The van der Waals surface area contributed by atoms with E-state index in [1.807, 2.05) is 24.3 Å². The van der Waals surface area contributed by atoms with Crippen LogP contribution < -0.4 is 16.8 Å². The minimum absolute atomic E-state index is 0.183. The van der Waals surface area contributed by atoms with Gasteiger partial charge in [-0.3, -0.25) is 24.3 Å². The lowest BCUT2D eigenvalue weighted by Crippen LogP contribution is -2.35. The second-order valence-electron chi connectivity index (χ2n) is 8.15. The monoisotopic (exact) mass is 404 g/mol. The lowest BCUT2D eigenvalue weighted by Gasteiger charge is -2.15. The Labute approximate surface area is 173 Å². The number of carbonyl (C=O) groups excluding carboxylic acids is 3. The SMILES string of the molecule is NCCCCC(N)C(=O)n1c2ccccc2c2c3c(c4c(c21)CCC4)C(=O)NC3=O. The van der Waals surface area contributed by atoms with Gasteiger partial charge in [-0.25, -0.2) is 0 Å². The molecule has 2 aliphatic rings. The fourth-order valence-corrected chi connectivity index (χ4v) is 5.07. The topological polar surface area (TPSA) is 120 Å². The molecular weight excluding hydrogens is 380 g/mol. The van der Waals surface area contributed by atoms with Gasteiger partial charge in [-0.05, 0) is 55.8 Å². The molecular formula is C23H24N4O3. The predicted octanol–water partition coefficient (Wildman–Crippen LogP) is 2.26. The number of imide groups is 1. The Balaban J connectivity index is 1.83.